The molecule has 1 saturated carbocycles. The van der Waals surface area contributed by atoms with E-state index in [1.807, 2.05) is 11.8 Å². The Bertz CT molecular complexity index is 193. The second-order valence-electron chi connectivity index (χ2n) is 6.06. The Labute approximate surface area is 113 Å². The van der Waals surface area contributed by atoms with E-state index in [0.717, 1.165) is 17.9 Å². The minimum atomic E-state index is 0.697. The van der Waals surface area contributed by atoms with Gasteiger partial charge in [-0.05, 0) is 56.5 Å². The Morgan fingerprint density at radius 3 is 2.53 bits per heavy atom. The van der Waals surface area contributed by atoms with Crippen LogP contribution in [0.3, 0.4) is 0 Å². The Hall–Kier alpha value is 0.310. The molecule has 1 N–H and O–H groups in total. The predicted molar refractivity (Wildman–Crippen MR) is 80.8 cm³/mol. The third kappa shape index (κ3) is 6.15. The number of hydrogen-bond acceptors (Lipinski definition) is 2. The SMILES string of the molecule is CSCCC(C)NC1CCCC(C(C)C)CC1. The van der Waals surface area contributed by atoms with Crippen LogP contribution in [0, 0.1) is 11.8 Å². The van der Waals surface area contributed by atoms with Gasteiger partial charge in [0.2, 0.25) is 0 Å². The first-order valence-corrected chi connectivity index (χ1v) is 8.77. The van der Waals surface area contributed by atoms with Crippen LogP contribution in [0.5, 0.6) is 0 Å². The second kappa shape index (κ2) is 8.42. The van der Waals surface area contributed by atoms with Gasteiger partial charge in [0, 0.05) is 12.1 Å². The highest BCUT2D eigenvalue weighted by atomic mass is 32.2. The van der Waals surface area contributed by atoms with Crippen LogP contribution in [-0.4, -0.2) is 24.1 Å². The molecule has 3 unspecified atom stereocenters. The second-order valence-corrected chi connectivity index (χ2v) is 7.04. The minimum absolute atomic E-state index is 0.697. The molecule has 0 aromatic rings. The molecule has 0 aromatic heterocycles. The van der Waals surface area contributed by atoms with E-state index in [9.17, 15) is 0 Å². The normalized spacial score (nSPS) is 28.1. The summed E-state index contributed by atoms with van der Waals surface area (Å²) in [5.41, 5.74) is 0. The number of rotatable bonds is 6. The van der Waals surface area contributed by atoms with Crippen LogP contribution in [0.2, 0.25) is 0 Å². The molecule has 0 aromatic carbocycles. The molecule has 1 aliphatic carbocycles. The summed E-state index contributed by atoms with van der Waals surface area (Å²) in [6, 6.07) is 1.48. The number of thioether (sulfide) groups is 1. The van der Waals surface area contributed by atoms with Crippen LogP contribution in [0.15, 0.2) is 0 Å². The van der Waals surface area contributed by atoms with Gasteiger partial charge in [-0.15, -0.1) is 0 Å². The zero-order valence-electron chi connectivity index (χ0n) is 12.2. The van der Waals surface area contributed by atoms with Crippen molar-refractivity contribution in [3.63, 3.8) is 0 Å². The van der Waals surface area contributed by atoms with Crippen LogP contribution in [0.25, 0.3) is 0 Å². The molecule has 0 aliphatic heterocycles. The van der Waals surface area contributed by atoms with Gasteiger partial charge >= 0.3 is 0 Å². The topological polar surface area (TPSA) is 12.0 Å². The monoisotopic (exact) mass is 257 g/mol. The molecular formula is C15H31NS. The lowest BCUT2D eigenvalue weighted by atomic mass is 9.89. The van der Waals surface area contributed by atoms with Gasteiger partial charge in [-0.2, -0.15) is 11.8 Å². The van der Waals surface area contributed by atoms with Crippen LogP contribution in [-0.2, 0) is 0 Å². The van der Waals surface area contributed by atoms with E-state index in [-0.39, 0.29) is 0 Å². The summed E-state index contributed by atoms with van der Waals surface area (Å²) in [6.07, 6.45) is 10.6. The van der Waals surface area contributed by atoms with E-state index >= 15 is 0 Å². The molecule has 1 fully saturated rings. The molecule has 1 aliphatic rings. The van der Waals surface area contributed by atoms with Gasteiger partial charge < -0.3 is 5.32 Å². The van der Waals surface area contributed by atoms with Crippen molar-refractivity contribution < 1.29 is 0 Å². The summed E-state index contributed by atoms with van der Waals surface area (Å²) in [7, 11) is 0. The van der Waals surface area contributed by atoms with Crippen molar-refractivity contribution in [2.75, 3.05) is 12.0 Å². The molecule has 1 nitrogen and oxygen atoms in total. The van der Waals surface area contributed by atoms with Crippen LogP contribution in [0.4, 0.5) is 0 Å². The molecule has 0 heterocycles. The maximum Gasteiger partial charge on any atom is 0.00696 e. The lowest BCUT2D eigenvalue weighted by Crippen LogP contribution is -2.36. The van der Waals surface area contributed by atoms with Crippen molar-refractivity contribution in [1.29, 1.82) is 0 Å². The molecule has 0 bridgehead atoms. The highest BCUT2D eigenvalue weighted by Gasteiger charge is 2.21. The first-order chi connectivity index (χ1) is 8.13. The van der Waals surface area contributed by atoms with Gasteiger partial charge in [-0.3, -0.25) is 0 Å². The van der Waals surface area contributed by atoms with Crippen LogP contribution in [0.1, 0.15) is 59.3 Å². The average Bonchev–Trinajstić information content (AvgIpc) is 2.52. The lowest BCUT2D eigenvalue weighted by Gasteiger charge is -2.22. The third-order valence-electron chi connectivity index (χ3n) is 4.23. The Kier molecular flexibility index (Phi) is 7.61. The van der Waals surface area contributed by atoms with Gasteiger partial charge in [0.1, 0.15) is 0 Å². The highest BCUT2D eigenvalue weighted by Crippen LogP contribution is 2.29. The van der Waals surface area contributed by atoms with Crippen molar-refractivity contribution in [3.05, 3.63) is 0 Å². The molecule has 1 rings (SSSR count). The predicted octanol–water partition coefficient (Wildman–Crippen LogP) is 4.32. The van der Waals surface area contributed by atoms with E-state index in [4.69, 9.17) is 0 Å². The molecule has 102 valence electrons. The van der Waals surface area contributed by atoms with Crippen molar-refractivity contribution in [2.45, 2.75) is 71.4 Å². The fraction of sp³-hybridized carbons (Fsp3) is 1.00. The maximum atomic E-state index is 3.84. The fourth-order valence-electron chi connectivity index (χ4n) is 2.94. The van der Waals surface area contributed by atoms with Crippen molar-refractivity contribution in [2.24, 2.45) is 11.8 Å². The van der Waals surface area contributed by atoms with E-state index < -0.39 is 0 Å². The smallest absolute Gasteiger partial charge is 0.00696 e. The number of hydrogen-bond donors (Lipinski definition) is 1. The summed E-state index contributed by atoms with van der Waals surface area (Å²) in [6.45, 7) is 7.13. The molecule has 2 heteroatoms. The Balaban J connectivity index is 2.26. The van der Waals surface area contributed by atoms with E-state index in [1.165, 1.54) is 44.3 Å². The number of nitrogens with one attached hydrogen (secondary N) is 1. The van der Waals surface area contributed by atoms with Crippen LogP contribution >= 0.6 is 11.8 Å². The largest absolute Gasteiger partial charge is 0.311 e. The zero-order chi connectivity index (χ0) is 12.7. The average molecular weight is 257 g/mol. The first-order valence-electron chi connectivity index (χ1n) is 7.38. The third-order valence-corrected chi connectivity index (χ3v) is 4.88. The molecule has 17 heavy (non-hydrogen) atoms. The van der Waals surface area contributed by atoms with Crippen molar-refractivity contribution in [1.82, 2.24) is 5.32 Å². The molecule has 0 saturated heterocycles. The van der Waals surface area contributed by atoms with Gasteiger partial charge in [0.05, 0.1) is 0 Å². The van der Waals surface area contributed by atoms with E-state index in [0.29, 0.717) is 6.04 Å². The van der Waals surface area contributed by atoms with Gasteiger partial charge in [-0.25, -0.2) is 0 Å². The summed E-state index contributed by atoms with van der Waals surface area (Å²) in [5.74, 6) is 3.14. The van der Waals surface area contributed by atoms with E-state index in [1.54, 1.807) is 0 Å². The summed E-state index contributed by atoms with van der Waals surface area (Å²) in [4.78, 5) is 0. The molecular weight excluding hydrogens is 226 g/mol. The summed E-state index contributed by atoms with van der Waals surface area (Å²) in [5, 5.41) is 3.84. The maximum absolute atomic E-state index is 3.84. The zero-order valence-corrected chi connectivity index (χ0v) is 13.0. The molecule has 3 atom stereocenters. The van der Waals surface area contributed by atoms with Gasteiger partial charge in [0.25, 0.3) is 0 Å². The van der Waals surface area contributed by atoms with Gasteiger partial charge in [-0.1, -0.05) is 26.7 Å². The standard InChI is InChI=1S/C15H31NS/c1-12(2)14-6-5-7-15(9-8-14)16-13(3)10-11-17-4/h12-16H,5-11H2,1-4H3. The lowest BCUT2D eigenvalue weighted by molar-refractivity contribution is 0.334. The summed E-state index contributed by atoms with van der Waals surface area (Å²) >= 11 is 1.96. The quantitative estimate of drug-likeness (QED) is 0.711. The molecule has 0 radical (unpaired) electrons. The minimum Gasteiger partial charge on any atom is -0.311 e. The van der Waals surface area contributed by atoms with E-state index in [2.05, 4.69) is 32.3 Å². The Morgan fingerprint density at radius 1 is 1.12 bits per heavy atom. The van der Waals surface area contributed by atoms with Crippen LogP contribution < -0.4 is 5.32 Å². The Morgan fingerprint density at radius 2 is 1.88 bits per heavy atom. The highest BCUT2D eigenvalue weighted by molar-refractivity contribution is 7.98. The van der Waals surface area contributed by atoms with Crippen molar-refractivity contribution >= 4 is 11.8 Å². The van der Waals surface area contributed by atoms with Crippen molar-refractivity contribution in [3.8, 4) is 0 Å². The molecule has 0 spiro atoms. The summed E-state index contributed by atoms with van der Waals surface area (Å²) < 4.78 is 0. The first kappa shape index (κ1) is 15.4. The fourth-order valence-corrected chi connectivity index (χ4v) is 3.53. The van der Waals surface area contributed by atoms with Gasteiger partial charge in [0.15, 0.2) is 0 Å². The molecule has 0 amide bonds.